The molecule has 1 saturated carbocycles. The predicted octanol–water partition coefficient (Wildman–Crippen LogP) is 9.21. The van der Waals surface area contributed by atoms with Crippen LogP contribution in [-0.4, -0.2) is 88.1 Å². The Morgan fingerprint density at radius 1 is 0.754 bits per heavy atom. The van der Waals surface area contributed by atoms with Crippen molar-refractivity contribution in [2.24, 2.45) is 17.6 Å². The van der Waals surface area contributed by atoms with Crippen LogP contribution in [-0.2, 0) is 42.3 Å². The number of ether oxygens (including phenoxy) is 2. The van der Waals surface area contributed by atoms with Gasteiger partial charge in [0.05, 0.1) is 25.4 Å². The first-order chi connectivity index (χ1) is 29.3. The first kappa shape index (κ1) is 56.6. The Hall–Kier alpha value is -2.45. The molecule has 1 fully saturated rings. The summed E-state index contributed by atoms with van der Waals surface area (Å²) in [6, 6.07) is -1.56. The minimum absolute atomic E-state index is 0.0334. The van der Waals surface area contributed by atoms with Crippen molar-refractivity contribution in [2.45, 2.75) is 212 Å². The van der Waals surface area contributed by atoms with Crippen LogP contribution in [0.5, 0.6) is 0 Å². The number of hydrogen-bond acceptors (Lipinski definition) is 12. The van der Waals surface area contributed by atoms with Crippen molar-refractivity contribution in [3.05, 3.63) is 24.3 Å². The third-order valence-corrected chi connectivity index (χ3v) is 12.0. The number of carboxylic acid groups (broad SMARTS) is 1. The Balaban J connectivity index is 2.45. The molecule has 7 atom stereocenters. The minimum atomic E-state index is -4.78. The van der Waals surface area contributed by atoms with Crippen molar-refractivity contribution in [1.82, 2.24) is 0 Å². The van der Waals surface area contributed by atoms with Crippen LogP contribution >= 0.6 is 7.82 Å². The molecule has 1 unspecified atom stereocenters. The fraction of sp³-hybridized carbons (Fsp3) is 0.826. The first-order valence-electron chi connectivity index (χ1n) is 23.5. The lowest BCUT2D eigenvalue weighted by Crippen LogP contribution is -2.34. The fourth-order valence-corrected chi connectivity index (χ4v) is 8.06. The number of esters is 2. The van der Waals surface area contributed by atoms with Crippen molar-refractivity contribution in [3.8, 4) is 0 Å². The Bertz CT molecular complexity index is 1290. The van der Waals surface area contributed by atoms with Crippen LogP contribution in [0.1, 0.15) is 187 Å². The summed E-state index contributed by atoms with van der Waals surface area (Å²) in [5.41, 5.74) is 5.33. The molecule has 1 aliphatic rings. The highest BCUT2D eigenvalue weighted by Gasteiger charge is 2.39. The second-order valence-electron chi connectivity index (χ2n) is 16.7. The van der Waals surface area contributed by atoms with Crippen LogP contribution in [0.3, 0.4) is 0 Å². The minimum Gasteiger partial charge on any atom is -0.480 e. The number of phosphoric acid groups is 1. The molecule has 1 rings (SSSR count). The van der Waals surface area contributed by atoms with Gasteiger partial charge in [0.25, 0.3) is 0 Å². The molecular weight excluding hydrogens is 805 g/mol. The number of carbonyl (C=O) groups excluding carboxylic acids is 3. The molecule has 6 N–H and O–H groups in total. The Morgan fingerprint density at radius 2 is 1.28 bits per heavy atom. The van der Waals surface area contributed by atoms with Crippen molar-refractivity contribution < 1.29 is 62.5 Å². The molecule has 15 heteroatoms. The number of rotatable bonds is 40. The van der Waals surface area contributed by atoms with E-state index in [4.69, 9.17) is 24.8 Å². The van der Waals surface area contributed by atoms with E-state index >= 15 is 0 Å². The average Bonchev–Trinajstić information content (AvgIpc) is 3.49. The van der Waals surface area contributed by atoms with E-state index in [0.717, 1.165) is 38.5 Å². The molecule has 0 bridgehead atoms. The molecule has 14 nitrogen and oxygen atoms in total. The molecule has 0 saturated heterocycles. The monoisotopic (exact) mass is 888 g/mol. The number of nitrogens with two attached hydrogens (primary N) is 1. The largest absolute Gasteiger partial charge is 0.480 e. The number of Topliss-reactive ketones (excluding diaryl/α,β-unsaturated/α-hetero) is 1. The molecule has 0 amide bonds. The molecule has 0 aromatic carbocycles. The van der Waals surface area contributed by atoms with Gasteiger partial charge in [0.1, 0.15) is 18.4 Å². The number of unbranched alkanes of at least 4 members (excludes halogenated alkanes) is 19. The van der Waals surface area contributed by atoms with Crippen molar-refractivity contribution in [3.63, 3.8) is 0 Å². The molecule has 61 heavy (non-hydrogen) atoms. The van der Waals surface area contributed by atoms with Gasteiger partial charge in [0, 0.05) is 31.1 Å². The van der Waals surface area contributed by atoms with Crippen molar-refractivity contribution >= 4 is 31.5 Å². The highest BCUT2D eigenvalue weighted by atomic mass is 31.2. The number of aliphatic hydroxyl groups excluding tert-OH is 2. The maximum absolute atomic E-state index is 12.7. The van der Waals surface area contributed by atoms with E-state index in [1.807, 2.05) is 12.2 Å². The van der Waals surface area contributed by atoms with Crippen molar-refractivity contribution in [2.75, 3.05) is 19.8 Å². The molecule has 0 radical (unpaired) electrons. The van der Waals surface area contributed by atoms with Crippen LogP contribution in [0, 0.1) is 11.8 Å². The summed E-state index contributed by atoms with van der Waals surface area (Å²) < 4.78 is 32.7. The van der Waals surface area contributed by atoms with Gasteiger partial charge in [-0.3, -0.25) is 28.2 Å². The van der Waals surface area contributed by atoms with Gasteiger partial charge in [-0.15, -0.1) is 0 Å². The van der Waals surface area contributed by atoms with Gasteiger partial charge in [-0.05, 0) is 32.1 Å². The lowest BCUT2D eigenvalue weighted by atomic mass is 9.90. The molecule has 0 aromatic heterocycles. The van der Waals surface area contributed by atoms with Gasteiger partial charge in [-0.25, -0.2) is 4.57 Å². The van der Waals surface area contributed by atoms with Crippen LogP contribution in [0.25, 0.3) is 0 Å². The summed E-state index contributed by atoms with van der Waals surface area (Å²) in [6.45, 7) is 2.45. The smallest absolute Gasteiger partial charge is 0.472 e. The number of hydrogen-bond donors (Lipinski definition) is 5. The van der Waals surface area contributed by atoms with E-state index < -0.39 is 75.8 Å². The van der Waals surface area contributed by atoms with E-state index in [1.54, 1.807) is 12.2 Å². The summed E-state index contributed by atoms with van der Waals surface area (Å²) in [6.07, 6.45) is 30.4. The highest BCUT2D eigenvalue weighted by molar-refractivity contribution is 7.47. The molecule has 1 aliphatic carbocycles. The molecule has 354 valence electrons. The SMILES string of the molecule is CCCCCCCCCCCCCCCCCCCC(=O)O[C@H](COC(=O)CCC/C=C\C[C@H]1[C@@H](O)CC(=O)[C@@H]1/C=C/[C@@H](O)CCCCC)COP(=O)(O)OC[C@H](N)C(=O)O. The average molecular weight is 888 g/mol. The van der Waals surface area contributed by atoms with Gasteiger partial charge in [0.15, 0.2) is 6.10 Å². The van der Waals surface area contributed by atoms with Gasteiger partial charge in [-0.1, -0.05) is 160 Å². The lowest BCUT2D eigenvalue weighted by Gasteiger charge is -2.20. The predicted molar refractivity (Wildman–Crippen MR) is 236 cm³/mol. The normalized spacial score (nSPS) is 19.3. The zero-order valence-corrected chi connectivity index (χ0v) is 38.4. The van der Waals surface area contributed by atoms with E-state index in [1.165, 1.54) is 83.5 Å². The number of aliphatic hydroxyl groups is 2. The van der Waals surface area contributed by atoms with E-state index in [-0.39, 0.29) is 31.0 Å². The number of aliphatic carboxylic acids is 1. The maximum atomic E-state index is 12.7. The standard InChI is InChI=1S/C46H82NO13P/c1-3-5-7-8-9-10-11-12-13-14-15-16-17-18-19-20-26-30-45(52)60-38(35-58-61(55,56)59-36-41(47)46(53)54)34-57-44(51)29-25-22-21-24-28-39-40(43(50)33-42(39)49)32-31-37(48)27-23-6-4-2/h21,24,31-32,37-42,48-49H,3-20,22-23,25-30,33-36,47H2,1-2H3,(H,53,54)(H,55,56)/b24-21-,32-31+/t37-,38+,39+,40+,41-,42-/m0/s1. The Morgan fingerprint density at radius 3 is 1.85 bits per heavy atom. The zero-order chi connectivity index (χ0) is 45.1. The summed E-state index contributed by atoms with van der Waals surface area (Å²) >= 11 is 0. The number of carboxylic acids is 1. The van der Waals surface area contributed by atoms with E-state index in [9.17, 15) is 38.8 Å². The van der Waals surface area contributed by atoms with Crippen molar-refractivity contribution in [1.29, 1.82) is 0 Å². The van der Waals surface area contributed by atoms with Crippen LogP contribution in [0.15, 0.2) is 24.3 Å². The number of carbonyl (C=O) groups is 4. The fourth-order valence-electron chi connectivity index (χ4n) is 7.28. The van der Waals surface area contributed by atoms with E-state index in [0.29, 0.717) is 32.1 Å². The second-order valence-corrected chi connectivity index (χ2v) is 18.1. The van der Waals surface area contributed by atoms with Gasteiger partial charge in [0.2, 0.25) is 0 Å². The summed E-state index contributed by atoms with van der Waals surface area (Å²) in [5, 5.41) is 29.6. The van der Waals surface area contributed by atoms with Crippen LogP contribution in [0.4, 0.5) is 0 Å². The summed E-state index contributed by atoms with van der Waals surface area (Å²) in [5.74, 6) is -3.41. The summed E-state index contributed by atoms with van der Waals surface area (Å²) in [4.78, 5) is 58.7. The third kappa shape index (κ3) is 30.3. The van der Waals surface area contributed by atoms with Gasteiger partial charge < -0.3 is 35.4 Å². The zero-order valence-electron chi connectivity index (χ0n) is 37.5. The lowest BCUT2D eigenvalue weighted by molar-refractivity contribution is -0.161. The second kappa shape index (κ2) is 35.9. The summed E-state index contributed by atoms with van der Waals surface area (Å²) in [7, 11) is -4.78. The number of phosphoric ester groups is 1. The Kier molecular flexibility index (Phi) is 33.3. The van der Waals surface area contributed by atoms with Gasteiger partial charge >= 0.3 is 25.7 Å². The highest BCUT2D eigenvalue weighted by Crippen LogP contribution is 2.43. The molecule has 0 spiro atoms. The quantitative estimate of drug-likeness (QED) is 0.0167. The molecule has 0 heterocycles. The topological polar surface area (TPSA) is 229 Å². The molecular formula is C46H82NO13P. The molecule has 0 aliphatic heterocycles. The number of allylic oxidation sites excluding steroid dienone is 3. The number of ketones is 1. The first-order valence-corrected chi connectivity index (χ1v) is 25.0. The molecule has 0 aromatic rings. The maximum Gasteiger partial charge on any atom is 0.472 e. The van der Waals surface area contributed by atoms with Crippen LogP contribution in [0.2, 0.25) is 0 Å². The van der Waals surface area contributed by atoms with Gasteiger partial charge in [-0.2, -0.15) is 0 Å². The third-order valence-electron chi connectivity index (χ3n) is 11.1. The Labute approximate surface area is 366 Å². The van der Waals surface area contributed by atoms with E-state index in [2.05, 4.69) is 18.4 Å². The van der Waals surface area contributed by atoms with Crippen LogP contribution < -0.4 is 5.73 Å².